The van der Waals surface area contributed by atoms with Gasteiger partial charge < -0.3 is 10.1 Å². The Morgan fingerprint density at radius 3 is 2.44 bits per heavy atom. The van der Waals surface area contributed by atoms with E-state index in [1.54, 1.807) is 13.1 Å². The molecule has 2 aromatic carbocycles. The number of ether oxygens (including phenoxy) is 1. The molecule has 0 unspecified atom stereocenters. The molecule has 0 aromatic heterocycles. The van der Waals surface area contributed by atoms with E-state index in [0.717, 1.165) is 42.1 Å². The summed E-state index contributed by atoms with van der Waals surface area (Å²) >= 11 is 12.2. The van der Waals surface area contributed by atoms with Crippen LogP contribution in [-0.4, -0.2) is 30.9 Å². The molecule has 0 aliphatic carbocycles. The Balaban J connectivity index is 1.62. The van der Waals surface area contributed by atoms with E-state index in [1.165, 1.54) is 5.56 Å². The summed E-state index contributed by atoms with van der Waals surface area (Å²) < 4.78 is 6.04. The normalized spacial score (nSPS) is 14.7. The summed E-state index contributed by atoms with van der Waals surface area (Å²) in [7, 11) is 1.69. The first kappa shape index (κ1) is 20.0. The third-order valence-corrected chi connectivity index (χ3v) is 5.47. The molecular weight excluding hydrogens is 383 g/mol. The van der Waals surface area contributed by atoms with Crippen LogP contribution in [0.1, 0.15) is 22.3 Å². The highest BCUT2D eigenvalue weighted by molar-refractivity contribution is 6.35. The maximum atomic E-state index is 11.6. The number of rotatable bonds is 6. The maximum absolute atomic E-state index is 11.6. The number of amides is 1. The van der Waals surface area contributed by atoms with Gasteiger partial charge in [0.05, 0.1) is 5.92 Å². The predicted molar refractivity (Wildman–Crippen MR) is 110 cm³/mol. The number of aryl methyl sites for hydroxylation is 2. The van der Waals surface area contributed by atoms with Crippen LogP contribution in [0, 0.1) is 19.8 Å². The molecule has 1 fully saturated rings. The van der Waals surface area contributed by atoms with E-state index < -0.39 is 0 Å². The van der Waals surface area contributed by atoms with Gasteiger partial charge in [0.15, 0.2) is 0 Å². The van der Waals surface area contributed by atoms with Gasteiger partial charge in [-0.05, 0) is 42.7 Å². The summed E-state index contributed by atoms with van der Waals surface area (Å²) in [6.07, 6.45) is 0. The fourth-order valence-electron chi connectivity index (χ4n) is 3.47. The molecule has 6 heteroatoms. The average molecular weight is 407 g/mol. The minimum Gasteiger partial charge on any atom is -0.488 e. The number of halogens is 2. The quantitative estimate of drug-likeness (QED) is 0.774. The molecule has 2 aromatic rings. The van der Waals surface area contributed by atoms with Crippen LogP contribution in [0.4, 0.5) is 0 Å². The molecule has 27 heavy (non-hydrogen) atoms. The zero-order valence-electron chi connectivity index (χ0n) is 15.8. The van der Waals surface area contributed by atoms with Crippen molar-refractivity contribution in [3.8, 4) is 5.75 Å². The lowest BCUT2D eigenvalue weighted by atomic mass is 9.97. The molecule has 4 nitrogen and oxygen atoms in total. The Kier molecular flexibility index (Phi) is 6.30. The first-order valence-corrected chi connectivity index (χ1v) is 9.73. The summed E-state index contributed by atoms with van der Waals surface area (Å²) in [5, 5.41) is 3.94. The number of carbonyl (C=O) groups is 1. The zero-order valence-corrected chi connectivity index (χ0v) is 17.3. The smallest absolute Gasteiger partial charge is 0.225 e. The van der Waals surface area contributed by atoms with Crippen LogP contribution in [0.3, 0.4) is 0 Å². The lowest BCUT2D eigenvalue weighted by Gasteiger charge is -2.38. The van der Waals surface area contributed by atoms with Crippen molar-refractivity contribution < 1.29 is 9.53 Å². The molecule has 1 heterocycles. The van der Waals surface area contributed by atoms with Gasteiger partial charge in [-0.25, -0.2) is 0 Å². The number of nitrogens with zero attached hydrogens (tertiary/aromatic N) is 1. The van der Waals surface area contributed by atoms with Crippen molar-refractivity contribution in [3.63, 3.8) is 0 Å². The molecule has 1 aliphatic heterocycles. The van der Waals surface area contributed by atoms with E-state index in [4.69, 9.17) is 27.9 Å². The van der Waals surface area contributed by atoms with Gasteiger partial charge >= 0.3 is 0 Å². The highest BCUT2D eigenvalue weighted by Crippen LogP contribution is 2.29. The van der Waals surface area contributed by atoms with Crippen molar-refractivity contribution in [1.82, 2.24) is 10.2 Å². The average Bonchev–Trinajstić information content (AvgIpc) is 2.58. The van der Waals surface area contributed by atoms with Crippen LogP contribution in [0.15, 0.2) is 30.3 Å². The van der Waals surface area contributed by atoms with Gasteiger partial charge in [-0.15, -0.1) is 0 Å². The molecule has 0 spiro atoms. The van der Waals surface area contributed by atoms with Crippen molar-refractivity contribution in [1.29, 1.82) is 0 Å². The lowest BCUT2D eigenvalue weighted by molar-refractivity contribution is -0.129. The summed E-state index contributed by atoms with van der Waals surface area (Å²) in [4.78, 5) is 13.9. The molecule has 1 N–H and O–H groups in total. The number of carbonyl (C=O) groups excluding carboxylic acids is 1. The van der Waals surface area contributed by atoms with Gasteiger partial charge in [-0.3, -0.25) is 9.69 Å². The summed E-state index contributed by atoms with van der Waals surface area (Å²) in [6.45, 7) is 6.98. The van der Waals surface area contributed by atoms with E-state index >= 15 is 0 Å². The summed E-state index contributed by atoms with van der Waals surface area (Å²) in [5.74, 6) is 1.13. The van der Waals surface area contributed by atoms with Crippen molar-refractivity contribution in [2.24, 2.45) is 5.92 Å². The van der Waals surface area contributed by atoms with Crippen LogP contribution in [-0.2, 0) is 17.9 Å². The molecule has 0 radical (unpaired) electrons. The highest BCUT2D eigenvalue weighted by atomic mass is 35.5. The van der Waals surface area contributed by atoms with E-state index in [2.05, 4.69) is 36.2 Å². The largest absolute Gasteiger partial charge is 0.488 e. The Morgan fingerprint density at radius 1 is 1.19 bits per heavy atom. The first-order valence-electron chi connectivity index (χ1n) is 8.98. The molecule has 0 atom stereocenters. The third kappa shape index (κ3) is 4.75. The summed E-state index contributed by atoms with van der Waals surface area (Å²) in [6, 6.07) is 9.73. The molecule has 0 saturated carbocycles. The third-order valence-electron chi connectivity index (χ3n) is 4.89. The van der Waals surface area contributed by atoms with Gasteiger partial charge in [0.2, 0.25) is 5.91 Å². The Bertz CT molecular complexity index is 825. The van der Waals surface area contributed by atoms with Crippen LogP contribution < -0.4 is 10.1 Å². The Labute approximate surface area is 170 Å². The standard InChI is InChI=1S/C21H24Cl2N2O2/c1-13-6-15(9-25-10-17(11-25)21(26)24-3)7-14(2)20(13)27-12-16-4-5-18(22)8-19(16)23/h4-8,17H,9-12H2,1-3H3,(H,24,26). The first-order chi connectivity index (χ1) is 12.9. The van der Waals surface area contributed by atoms with Gasteiger partial charge in [-0.2, -0.15) is 0 Å². The van der Waals surface area contributed by atoms with Crippen molar-refractivity contribution in [3.05, 3.63) is 62.6 Å². The fourth-order valence-corrected chi connectivity index (χ4v) is 3.94. The fraction of sp³-hybridized carbons (Fsp3) is 0.381. The second-order valence-corrected chi connectivity index (χ2v) is 7.93. The molecule has 1 aliphatic rings. The number of hydrogen-bond donors (Lipinski definition) is 1. The zero-order chi connectivity index (χ0) is 19.6. The van der Waals surface area contributed by atoms with Crippen LogP contribution in [0.5, 0.6) is 5.75 Å². The summed E-state index contributed by atoms with van der Waals surface area (Å²) in [5.41, 5.74) is 4.33. The SMILES string of the molecule is CNC(=O)C1CN(Cc2cc(C)c(OCc3ccc(Cl)cc3Cl)c(C)c2)C1. The number of benzene rings is 2. The van der Waals surface area contributed by atoms with Gasteiger partial charge in [0, 0.05) is 42.3 Å². The van der Waals surface area contributed by atoms with Crippen molar-refractivity contribution in [2.45, 2.75) is 27.0 Å². The molecule has 1 saturated heterocycles. The van der Waals surface area contributed by atoms with Gasteiger partial charge in [0.25, 0.3) is 0 Å². The Hall–Kier alpha value is -1.75. The number of hydrogen-bond acceptors (Lipinski definition) is 3. The maximum Gasteiger partial charge on any atom is 0.225 e. The van der Waals surface area contributed by atoms with Crippen LogP contribution >= 0.6 is 23.2 Å². The number of likely N-dealkylation sites (tertiary alicyclic amines) is 1. The van der Waals surface area contributed by atoms with Gasteiger partial charge in [0.1, 0.15) is 12.4 Å². The molecule has 144 valence electrons. The molecular formula is C21H24Cl2N2O2. The van der Waals surface area contributed by atoms with E-state index in [0.29, 0.717) is 16.7 Å². The van der Waals surface area contributed by atoms with E-state index in [-0.39, 0.29) is 11.8 Å². The minimum absolute atomic E-state index is 0.115. The van der Waals surface area contributed by atoms with Gasteiger partial charge in [-0.1, -0.05) is 41.4 Å². The predicted octanol–water partition coefficient (Wildman–Crippen LogP) is 4.37. The van der Waals surface area contributed by atoms with E-state index in [9.17, 15) is 4.79 Å². The van der Waals surface area contributed by atoms with Crippen molar-refractivity contribution >= 4 is 29.1 Å². The minimum atomic E-state index is 0.115. The second kappa shape index (κ2) is 8.51. The van der Waals surface area contributed by atoms with Crippen LogP contribution in [0.2, 0.25) is 10.0 Å². The van der Waals surface area contributed by atoms with Crippen molar-refractivity contribution in [2.75, 3.05) is 20.1 Å². The second-order valence-electron chi connectivity index (χ2n) is 7.09. The Morgan fingerprint density at radius 2 is 1.85 bits per heavy atom. The topological polar surface area (TPSA) is 41.6 Å². The van der Waals surface area contributed by atoms with Crippen LogP contribution in [0.25, 0.3) is 0 Å². The van der Waals surface area contributed by atoms with E-state index in [1.807, 2.05) is 12.1 Å². The lowest BCUT2D eigenvalue weighted by Crippen LogP contribution is -2.52. The molecule has 0 bridgehead atoms. The monoisotopic (exact) mass is 406 g/mol. The molecule has 3 rings (SSSR count). The molecule has 1 amide bonds. The number of nitrogens with one attached hydrogen (secondary N) is 1. The highest BCUT2D eigenvalue weighted by Gasteiger charge is 2.31.